The van der Waals surface area contributed by atoms with Crippen molar-refractivity contribution in [3.05, 3.63) is 29.8 Å². The number of hydrazine groups is 1. The zero-order valence-electron chi connectivity index (χ0n) is 9.02. The van der Waals surface area contributed by atoms with Gasteiger partial charge in [0.1, 0.15) is 0 Å². The summed E-state index contributed by atoms with van der Waals surface area (Å²) < 4.78 is 0. The number of aromatic carboxylic acids is 1. The van der Waals surface area contributed by atoms with Crippen molar-refractivity contribution in [2.75, 3.05) is 19.4 Å². The molecule has 1 aromatic carbocycles. The van der Waals surface area contributed by atoms with Crippen molar-refractivity contribution in [3.63, 3.8) is 0 Å². The first-order chi connectivity index (χ1) is 7.49. The lowest BCUT2D eigenvalue weighted by molar-refractivity contribution is 0.0697. The first-order valence-electron chi connectivity index (χ1n) is 4.57. The zero-order valence-corrected chi connectivity index (χ0v) is 9.02. The first kappa shape index (κ1) is 12.0. The number of urea groups is 1. The van der Waals surface area contributed by atoms with Gasteiger partial charge in [0.05, 0.1) is 5.56 Å². The molecule has 6 heteroatoms. The lowest BCUT2D eigenvalue weighted by atomic mass is 10.2. The molecule has 0 spiro atoms. The number of carbonyl (C=O) groups is 2. The number of carboxylic acid groups (broad SMARTS) is 1. The van der Waals surface area contributed by atoms with Crippen LogP contribution in [0, 0.1) is 0 Å². The Morgan fingerprint density at radius 3 is 2.19 bits per heavy atom. The van der Waals surface area contributed by atoms with Crippen molar-refractivity contribution in [1.29, 1.82) is 0 Å². The highest BCUT2D eigenvalue weighted by atomic mass is 16.4. The quantitative estimate of drug-likeness (QED) is 0.667. The Bertz CT molecular complexity index is 387. The highest BCUT2D eigenvalue weighted by Crippen LogP contribution is 2.09. The molecule has 0 heterocycles. The molecule has 0 fully saturated rings. The molecular formula is C10H13N3O3. The molecule has 86 valence electrons. The van der Waals surface area contributed by atoms with E-state index in [1.54, 1.807) is 14.1 Å². The maximum atomic E-state index is 11.3. The van der Waals surface area contributed by atoms with Crippen molar-refractivity contribution in [3.8, 4) is 0 Å². The maximum Gasteiger partial charge on any atom is 0.335 e. The minimum atomic E-state index is -0.996. The lowest BCUT2D eigenvalue weighted by Gasteiger charge is -2.12. The standard InChI is InChI=1S/C10H13N3O3/c1-13(2)12-10(16)11-8-5-3-7(4-6-8)9(14)15/h3-6H,1-2H3,(H,14,15)(H2,11,12,16). The predicted octanol–water partition coefficient (Wildman–Crippen LogP) is 0.983. The Kier molecular flexibility index (Phi) is 3.84. The van der Waals surface area contributed by atoms with E-state index in [9.17, 15) is 9.59 Å². The largest absolute Gasteiger partial charge is 0.478 e. The normalized spacial score (nSPS) is 9.94. The van der Waals surface area contributed by atoms with Crippen molar-refractivity contribution in [2.24, 2.45) is 0 Å². The van der Waals surface area contributed by atoms with Crippen LogP contribution in [0.25, 0.3) is 0 Å². The molecule has 0 aliphatic carbocycles. The molecule has 0 atom stereocenters. The van der Waals surface area contributed by atoms with Gasteiger partial charge in [-0.25, -0.2) is 14.6 Å². The number of nitrogens with zero attached hydrogens (tertiary/aromatic N) is 1. The lowest BCUT2D eigenvalue weighted by Crippen LogP contribution is -2.39. The second kappa shape index (κ2) is 5.13. The average Bonchev–Trinajstić information content (AvgIpc) is 2.16. The molecule has 16 heavy (non-hydrogen) atoms. The fourth-order valence-electron chi connectivity index (χ4n) is 1.06. The third kappa shape index (κ3) is 3.58. The molecule has 3 N–H and O–H groups in total. The van der Waals surface area contributed by atoms with Crippen LogP contribution in [0.4, 0.5) is 10.5 Å². The molecule has 0 aliphatic rings. The number of amides is 2. The third-order valence-electron chi connectivity index (χ3n) is 1.71. The second-order valence-electron chi connectivity index (χ2n) is 3.34. The van der Waals surface area contributed by atoms with Crippen molar-refractivity contribution >= 4 is 17.7 Å². The zero-order chi connectivity index (χ0) is 12.1. The molecule has 0 unspecified atom stereocenters. The molecule has 0 radical (unpaired) electrons. The van der Waals surface area contributed by atoms with Gasteiger partial charge in [0, 0.05) is 19.8 Å². The topological polar surface area (TPSA) is 81.7 Å². The summed E-state index contributed by atoms with van der Waals surface area (Å²) in [5, 5.41) is 12.7. The highest BCUT2D eigenvalue weighted by molar-refractivity contribution is 5.91. The van der Waals surface area contributed by atoms with E-state index < -0.39 is 5.97 Å². The fourth-order valence-corrected chi connectivity index (χ4v) is 1.06. The second-order valence-corrected chi connectivity index (χ2v) is 3.34. The van der Waals surface area contributed by atoms with Crippen LogP contribution in [0.15, 0.2) is 24.3 Å². The highest BCUT2D eigenvalue weighted by Gasteiger charge is 2.04. The summed E-state index contributed by atoms with van der Waals surface area (Å²) in [6.07, 6.45) is 0. The minimum Gasteiger partial charge on any atom is -0.478 e. The molecular weight excluding hydrogens is 210 g/mol. The van der Waals surface area contributed by atoms with Crippen LogP contribution in [-0.4, -0.2) is 36.2 Å². The molecule has 0 bridgehead atoms. The van der Waals surface area contributed by atoms with Crippen LogP contribution < -0.4 is 10.7 Å². The molecule has 6 nitrogen and oxygen atoms in total. The van der Waals surface area contributed by atoms with E-state index in [2.05, 4.69) is 10.7 Å². The summed E-state index contributed by atoms with van der Waals surface area (Å²) in [4.78, 5) is 21.8. The number of rotatable bonds is 3. The van der Waals surface area contributed by atoms with Crippen LogP contribution in [-0.2, 0) is 0 Å². The van der Waals surface area contributed by atoms with Gasteiger partial charge in [-0.2, -0.15) is 0 Å². The summed E-state index contributed by atoms with van der Waals surface area (Å²) in [5.74, 6) is -0.996. The van der Waals surface area contributed by atoms with E-state index in [4.69, 9.17) is 5.11 Å². The third-order valence-corrected chi connectivity index (χ3v) is 1.71. The van der Waals surface area contributed by atoms with Gasteiger partial charge in [0.15, 0.2) is 0 Å². The van der Waals surface area contributed by atoms with Gasteiger partial charge in [0.25, 0.3) is 0 Å². The average molecular weight is 223 g/mol. The molecule has 0 aliphatic heterocycles. The number of hydrogen-bond acceptors (Lipinski definition) is 3. The summed E-state index contributed by atoms with van der Waals surface area (Å²) in [5.41, 5.74) is 3.21. The molecule has 1 aromatic rings. The summed E-state index contributed by atoms with van der Waals surface area (Å²) >= 11 is 0. The summed E-state index contributed by atoms with van der Waals surface area (Å²) in [7, 11) is 3.38. The van der Waals surface area contributed by atoms with Crippen LogP contribution in [0.3, 0.4) is 0 Å². The Labute approximate surface area is 92.8 Å². The van der Waals surface area contributed by atoms with Crippen molar-refractivity contribution in [1.82, 2.24) is 10.4 Å². The monoisotopic (exact) mass is 223 g/mol. The number of carboxylic acids is 1. The Balaban J connectivity index is 2.62. The van der Waals surface area contributed by atoms with E-state index in [-0.39, 0.29) is 11.6 Å². The fraction of sp³-hybridized carbons (Fsp3) is 0.200. The Morgan fingerprint density at radius 2 is 1.75 bits per heavy atom. The Morgan fingerprint density at radius 1 is 1.19 bits per heavy atom. The van der Waals surface area contributed by atoms with Gasteiger partial charge in [-0.1, -0.05) is 0 Å². The number of carbonyl (C=O) groups excluding carboxylic acids is 1. The first-order valence-corrected chi connectivity index (χ1v) is 4.57. The summed E-state index contributed by atoms with van der Waals surface area (Å²) in [6, 6.07) is 5.52. The number of benzene rings is 1. The molecule has 1 rings (SSSR count). The van der Waals surface area contributed by atoms with E-state index in [0.29, 0.717) is 5.69 Å². The van der Waals surface area contributed by atoms with E-state index >= 15 is 0 Å². The number of nitrogens with one attached hydrogen (secondary N) is 2. The SMILES string of the molecule is CN(C)NC(=O)Nc1ccc(C(=O)O)cc1. The van der Waals surface area contributed by atoms with Crippen LogP contribution in [0.5, 0.6) is 0 Å². The smallest absolute Gasteiger partial charge is 0.335 e. The Hall–Kier alpha value is -2.08. The predicted molar refractivity (Wildman–Crippen MR) is 59.2 cm³/mol. The van der Waals surface area contributed by atoms with Crippen LogP contribution in [0.1, 0.15) is 10.4 Å². The van der Waals surface area contributed by atoms with Gasteiger partial charge in [-0.05, 0) is 24.3 Å². The van der Waals surface area contributed by atoms with Crippen LogP contribution in [0.2, 0.25) is 0 Å². The molecule has 2 amide bonds. The van der Waals surface area contributed by atoms with Crippen LogP contribution >= 0.6 is 0 Å². The van der Waals surface area contributed by atoms with Gasteiger partial charge in [-0.3, -0.25) is 5.43 Å². The minimum absolute atomic E-state index is 0.179. The van der Waals surface area contributed by atoms with E-state index in [1.165, 1.54) is 29.3 Å². The molecule has 0 aromatic heterocycles. The molecule has 0 saturated heterocycles. The maximum absolute atomic E-state index is 11.3. The van der Waals surface area contributed by atoms with Gasteiger partial charge < -0.3 is 10.4 Å². The summed E-state index contributed by atoms with van der Waals surface area (Å²) in [6.45, 7) is 0. The van der Waals surface area contributed by atoms with E-state index in [1.807, 2.05) is 0 Å². The molecule has 0 saturated carbocycles. The van der Waals surface area contributed by atoms with Gasteiger partial charge >= 0.3 is 12.0 Å². The number of hydrogen-bond donors (Lipinski definition) is 3. The van der Waals surface area contributed by atoms with Gasteiger partial charge in [-0.15, -0.1) is 0 Å². The van der Waals surface area contributed by atoms with Gasteiger partial charge in [0.2, 0.25) is 0 Å². The van der Waals surface area contributed by atoms with Crippen molar-refractivity contribution in [2.45, 2.75) is 0 Å². The number of anilines is 1. The van der Waals surface area contributed by atoms with E-state index in [0.717, 1.165) is 0 Å². The van der Waals surface area contributed by atoms with Crippen molar-refractivity contribution < 1.29 is 14.7 Å².